The van der Waals surface area contributed by atoms with E-state index in [4.69, 9.17) is 0 Å². The van der Waals surface area contributed by atoms with E-state index in [1.807, 2.05) is 0 Å². The Bertz CT molecular complexity index is 93.6. The summed E-state index contributed by atoms with van der Waals surface area (Å²) in [7, 11) is 2.17. The lowest BCUT2D eigenvalue weighted by atomic mass is 10.0. The first-order chi connectivity index (χ1) is 5.11. The summed E-state index contributed by atoms with van der Waals surface area (Å²) in [5.74, 6) is 0.739. The van der Waals surface area contributed by atoms with Gasteiger partial charge in [0.15, 0.2) is 0 Å². The van der Waals surface area contributed by atoms with Crippen molar-refractivity contribution in [2.75, 3.05) is 20.1 Å². The summed E-state index contributed by atoms with van der Waals surface area (Å²) in [6.45, 7) is 8.92. The Kier molecular flexibility index (Phi) is 6.06. The molecule has 0 radical (unpaired) electrons. The van der Waals surface area contributed by atoms with Gasteiger partial charge in [0.25, 0.3) is 0 Å². The van der Waals surface area contributed by atoms with Crippen molar-refractivity contribution >= 4 is 12.6 Å². The highest BCUT2D eigenvalue weighted by molar-refractivity contribution is 7.80. The SMILES string of the molecule is CCC(CN(C)CC)C(C)S. The zero-order valence-corrected chi connectivity index (χ0v) is 9.06. The molecule has 0 amide bonds. The summed E-state index contributed by atoms with van der Waals surface area (Å²) >= 11 is 4.46. The maximum absolute atomic E-state index is 4.46. The molecule has 0 aromatic rings. The molecule has 2 atom stereocenters. The van der Waals surface area contributed by atoms with Crippen molar-refractivity contribution in [3.05, 3.63) is 0 Å². The van der Waals surface area contributed by atoms with Crippen LogP contribution in [-0.2, 0) is 0 Å². The van der Waals surface area contributed by atoms with Crippen LogP contribution in [0.2, 0.25) is 0 Å². The molecule has 0 fully saturated rings. The van der Waals surface area contributed by atoms with Crippen LogP contribution in [0, 0.1) is 5.92 Å². The minimum Gasteiger partial charge on any atom is -0.306 e. The van der Waals surface area contributed by atoms with E-state index >= 15 is 0 Å². The minimum atomic E-state index is 0.522. The fourth-order valence-corrected chi connectivity index (χ4v) is 1.46. The molecule has 0 spiro atoms. The first-order valence-corrected chi connectivity index (χ1v) is 5.00. The average molecular weight is 175 g/mol. The lowest BCUT2D eigenvalue weighted by Gasteiger charge is -2.24. The van der Waals surface area contributed by atoms with Crippen LogP contribution in [0.25, 0.3) is 0 Å². The van der Waals surface area contributed by atoms with Crippen molar-refractivity contribution in [2.24, 2.45) is 5.92 Å². The van der Waals surface area contributed by atoms with Gasteiger partial charge in [0.2, 0.25) is 0 Å². The van der Waals surface area contributed by atoms with Gasteiger partial charge in [-0.1, -0.05) is 27.2 Å². The lowest BCUT2D eigenvalue weighted by Crippen LogP contribution is -2.29. The molecule has 0 saturated heterocycles. The second-order valence-corrected chi connectivity index (χ2v) is 4.08. The van der Waals surface area contributed by atoms with Gasteiger partial charge < -0.3 is 4.90 Å². The first kappa shape index (κ1) is 11.3. The lowest BCUT2D eigenvalue weighted by molar-refractivity contribution is 0.283. The minimum absolute atomic E-state index is 0.522. The highest BCUT2D eigenvalue weighted by Gasteiger charge is 2.12. The third-order valence-corrected chi connectivity index (χ3v) is 2.71. The van der Waals surface area contributed by atoms with Crippen LogP contribution in [0.3, 0.4) is 0 Å². The quantitative estimate of drug-likeness (QED) is 0.627. The Morgan fingerprint density at radius 1 is 1.36 bits per heavy atom. The average Bonchev–Trinajstić information content (AvgIpc) is 1.99. The third kappa shape index (κ3) is 4.70. The van der Waals surface area contributed by atoms with Crippen molar-refractivity contribution in [2.45, 2.75) is 32.4 Å². The number of hydrogen-bond donors (Lipinski definition) is 1. The molecule has 0 saturated carbocycles. The zero-order valence-electron chi connectivity index (χ0n) is 8.17. The van der Waals surface area contributed by atoms with Gasteiger partial charge in [-0.25, -0.2) is 0 Å². The molecule has 11 heavy (non-hydrogen) atoms. The van der Waals surface area contributed by atoms with Gasteiger partial charge in [0.05, 0.1) is 0 Å². The van der Waals surface area contributed by atoms with E-state index in [1.165, 1.54) is 13.0 Å². The maximum Gasteiger partial charge on any atom is 0.00288 e. The smallest absolute Gasteiger partial charge is 0.00288 e. The van der Waals surface area contributed by atoms with E-state index in [2.05, 4.69) is 45.3 Å². The molecule has 0 rings (SSSR count). The van der Waals surface area contributed by atoms with Gasteiger partial charge in [0.1, 0.15) is 0 Å². The molecule has 0 bridgehead atoms. The van der Waals surface area contributed by atoms with Gasteiger partial charge in [-0.15, -0.1) is 0 Å². The summed E-state index contributed by atoms with van der Waals surface area (Å²) in [5, 5.41) is 0.522. The van der Waals surface area contributed by atoms with Crippen molar-refractivity contribution in [1.82, 2.24) is 4.90 Å². The van der Waals surface area contributed by atoms with E-state index in [0.717, 1.165) is 12.5 Å². The normalized spacial score (nSPS) is 16.9. The molecule has 0 aliphatic rings. The molecule has 68 valence electrons. The van der Waals surface area contributed by atoms with E-state index < -0.39 is 0 Å². The van der Waals surface area contributed by atoms with Crippen molar-refractivity contribution in [3.8, 4) is 0 Å². The highest BCUT2D eigenvalue weighted by atomic mass is 32.1. The van der Waals surface area contributed by atoms with Gasteiger partial charge in [-0.3, -0.25) is 0 Å². The molecule has 0 aliphatic heterocycles. The van der Waals surface area contributed by atoms with Crippen LogP contribution < -0.4 is 0 Å². The first-order valence-electron chi connectivity index (χ1n) is 4.48. The molecule has 0 aliphatic carbocycles. The summed E-state index contributed by atoms with van der Waals surface area (Å²) in [6.07, 6.45) is 1.23. The molecule has 0 aromatic heterocycles. The molecular weight excluding hydrogens is 154 g/mol. The summed E-state index contributed by atoms with van der Waals surface area (Å²) in [4.78, 5) is 2.35. The Morgan fingerprint density at radius 2 is 1.91 bits per heavy atom. The third-order valence-electron chi connectivity index (χ3n) is 2.29. The zero-order chi connectivity index (χ0) is 8.85. The van der Waals surface area contributed by atoms with Gasteiger partial charge in [0, 0.05) is 11.8 Å². The summed E-state index contributed by atoms with van der Waals surface area (Å²) < 4.78 is 0. The second-order valence-electron chi connectivity index (χ2n) is 3.26. The largest absolute Gasteiger partial charge is 0.306 e. The number of hydrogen-bond acceptors (Lipinski definition) is 2. The molecule has 0 heterocycles. The highest BCUT2D eigenvalue weighted by Crippen LogP contribution is 2.14. The topological polar surface area (TPSA) is 3.24 Å². The monoisotopic (exact) mass is 175 g/mol. The van der Waals surface area contributed by atoms with Gasteiger partial charge >= 0.3 is 0 Å². The van der Waals surface area contributed by atoms with Crippen LogP contribution >= 0.6 is 12.6 Å². The van der Waals surface area contributed by atoms with Crippen molar-refractivity contribution < 1.29 is 0 Å². The van der Waals surface area contributed by atoms with Crippen LogP contribution in [0.5, 0.6) is 0 Å². The van der Waals surface area contributed by atoms with E-state index in [1.54, 1.807) is 0 Å². The van der Waals surface area contributed by atoms with Crippen LogP contribution in [0.4, 0.5) is 0 Å². The van der Waals surface area contributed by atoms with Crippen molar-refractivity contribution in [1.29, 1.82) is 0 Å². The Labute approximate surface area is 76.6 Å². The van der Waals surface area contributed by atoms with Crippen LogP contribution in [-0.4, -0.2) is 30.3 Å². The molecule has 2 heteroatoms. The Balaban J connectivity index is 3.68. The molecule has 0 N–H and O–H groups in total. The van der Waals surface area contributed by atoms with Crippen LogP contribution in [0.15, 0.2) is 0 Å². The fourth-order valence-electron chi connectivity index (χ4n) is 1.15. The maximum atomic E-state index is 4.46. The summed E-state index contributed by atoms with van der Waals surface area (Å²) in [5.41, 5.74) is 0. The molecule has 1 nitrogen and oxygen atoms in total. The van der Waals surface area contributed by atoms with E-state index in [0.29, 0.717) is 5.25 Å². The number of thiol groups is 1. The molecular formula is C9H21NS. The standard InChI is InChI=1S/C9H21NS/c1-5-9(8(3)11)7-10(4)6-2/h8-9,11H,5-7H2,1-4H3. The van der Waals surface area contributed by atoms with E-state index in [9.17, 15) is 0 Å². The predicted molar refractivity (Wildman–Crippen MR) is 55.4 cm³/mol. The van der Waals surface area contributed by atoms with Gasteiger partial charge in [-0.05, 0) is 19.5 Å². The number of rotatable bonds is 5. The molecule has 0 aromatic carbocycles. The predicted octanol–water partition coefficient (Wildman–Crippen LogP) is 2.28. The Morgan fingerprint density at radius 3 is 2.18 bits per heavy atom. The summed E-state index contributed by atoms with van der Waals surface area (Å²) in [6, 6.07) is 0. The van der Waals surface area contributed by atoms with Crippen molar-refractivity contribution in [3.63, 3.8) is 0 Å². The molecule has 2 unspecified atom stereocenters. The van der Waals surface area contributed by atoms with Gasteiger partial charge in [-0.2, -0.15) is 12.6 Å². The van der Waals surface area contributed by atoms with Crippen LogP contribution in [0.1, 0.15) is 27.2 Å². The Hall–Kier alpha value is 0.310. The fraction of sp³-hybridized carbons (Fsp3) is 1.00. The number of nitrogens with zero attached hydrogens (tertiary/aromatic N) is 1. The van der Waals surface area contributed by atoms with E-state index in [-0.39, 0.29) is 0 Å². The second kappa shape index (κ2) is 5.90.